The lowest BCUT2D eigenvalue weighted by atomic mass is 9.59. The second-order valence-corrected chi connectivity index (χ2v) is 8.78. The molecule has 4 aliphatic carbocycles. The Morgan fingerprint density at radius 2 is 2.12 bits per heavy atom. The van der Waals surface area contributed by atoms with Crippen LogP contribution in [0, 0.1) is 28.6 Å². The quantitative estimate of drug-likeness (QED) is 0.484. The maximum Gasteiger partial charge on any atom is 0.315 e. The monoisotopic (exact) mass is 346 g/mol. The van der Waals surface area contributed by atoms with Crippen molar-refractivity contribution in [3.8, 4) is 0 Å². The number of carboxylic acids is 1. The molecule has 8 atom stereocenters. The molecule has 6 nitrogen and oxygen atoms in total. The molecule has 0 amide bonds. The highest BCUT2D eigenvalue weighted by Gasteiger charge is 2.81. The van der Waals surface area contributed by atoms with Gasteiger partial charge in [-0.25, -0.2) is 0 Å². The number of hydrogen-bond donors (Lipinski definition) is 3. The maximum absolute atomic E-state index is 12.7. The van der Waals surface area contributed by atoms with Gasteiger partial charge in [0, 0.05) is 17.3 Å². The van der Waals surface area contributed by atoms with Gasteiger partial charge in [-0.3, -0.25) is 9.59 Å². The van der Waals surface area contributed by atoms with Crippen LogP contribution in [0.15, 0.2) is 23.8 Å². The fourth-order valence-corrected chi connectivity index (χ4v) is 6.95. The zero-order valence-corrected chi connectivity index (χ0v) is 14.1. The first-order chi connectivity index (χ1) is 11.7. The van der Waals surface area contributed by atoms with E-state index in [-0.39, 0.29) is 5.92 Å². The van der Waals surface area contributed by atoms with E-state index in [1.807, 2.05) is 0 Å². The molecule has 0 aromatic rings. The number of carbonyl (C=O) groups is 2. The van der Waals surface area contributed by atoms with Crippen LogP contribution in [0.1, 0.15) is 32.6 Å². The zero-order valence-electron chi connectivity index (χ0n) is 14.1. The van der Waals surface area contributed by atoms with Gasteiger partial charge in [0.15, 0.2) is 0 Å². The summed E-state index contributed by atoms with van der Waals surface area (Å²) in [6, 6.07) is 0. The first-order valence-corrected chi connectivity index (χ1v) is 8.91. The fourth-order valence-electron chi connectivity index (χ4n) is 6.95. The molecular formula is C19H22O6. The van der Waals surface area contributed by atoms with Crippen molar-refractivity contribution >= 4 is 11.9 Å². The average Bonchev–Trinajstić information content (AvgIpc) is 3.02. The molecule has 0 aromatic carbocycles. The smallest absolute Gasteiger partial charge is 0.315 e. The average molecular weight is 346 g/mol. The number of carboxylic acid groups (broad SMARTS) is 1. The molecule has 1 saturated heterocycles. The van der Waals surface area contributed by atoms with E-state index in [4.69, 9.17) is 4.74 Å². The Hall–Kier alpha value is -1.66. The molecule has 5 rings (SSSR count). The third-order valence-electron chi connectivity index (χ3n) is 7.93. The molecule has 6 heteroatoms. The van der Waals surface area contributed by atoms with Crippen molar-refractivity contribution in [1.82, 2.24) is 0 Å². The number of rotatable bonds is 1. The summed E-state index contributed by atoms with van der Waals surface area (Å²) in [5, 5.41) is 31.3. The predicted octanol–water partition coefficient (Wildman–Crippen LogP) is 1.03. The Labute approximate surface area is 145 Å². The molecule has 1 heterocycles. The van der Waals surface area contributed by atoms with Crippen molar-refractivity contribution in [2.45, 2.75) is 50.4 Å². The topological polar surface area (TPSA) is 104 Å². The van der Waals surface area contributed by atoms with Crippen LogP contribution in [-0.4, -0.2) is 45.1 Å². The summed E-state index contributed by atoms with van der Waals surface area (Å²) < 4.78 is 5.88. The van der Waals surface area contributed by atoms with Gasteiger partial charge in [0.1, 0.15) is 5.60 Å². The van der Waals surface area contributed by atoms with Gasteiger partial charge in [0.05, 0.1) is 23.5 Å². The molecule has 0 radical (unpaired) electrons. The third kappa shape index (κ3) is 1.40. The minimum atomic E-state index is -1.22. The maximum atomic E-state index is 12.7. The van der Waals surface area contributed by atoms with Crippen LogP contribution in [0.5, 0.6) is 0 Å². The van der Waals surface area contributed by atoms with Crippen molar-refractivity contribution in [1.29, 1.82) is 0 Å². The van der Waals surface area contributed by atoms with Gasteiger partial charge in [-0.1, -0.05) is 18.2 Å². The summed E-state index contributed by atoms with van der Waals surface area (Å²) in [6.07, 6.45) is 1.92. The largest absolute Gasteiger partial charge is 0.481 e. The minimum absolute atomic E-state index is 0.144. The van der Waals surface area contributed by atoms with Crippen molar-refractivity contribution in [3.63, 3.8) is 0 Å². The molecule has 0 unspecified atom stereocenters. The number of aliphatic hydroxyl groups is 2. The number of aliphatic carboxylic acids is 1. The highest BCUT2D eigenvalue weighted by Crippen LogP contribution is 2.76. The lowest BCUT2D eigenvalue weighted by Crippen LogP contribution is -2.52. The highest BCUT2D eigenvalue weighted by atomic mass is 16.6. The van der Waals surface area contributed by atoms with Gasteiger partial charge in [0.25, 0.3) is 0 Å². The van der Waals surface area contributed by atoms with Gasteiger partial charge >= 0.3 is 11.9 Å². The first-order valence-electron chi connectivity index (χ1n) is 8.91. The highest BCUT2D eigenvalue weighted by molar-refractivity contribution is 5.87. The second-order valence-electron chi connectivity index (χ2n) is 8.78. The lowest BCUT2D eigenvalue weighted by molar-refractivity contribution is -0.157. The van der Waals surface area contributed by atoms with Crippen LogP contribution in [0.25, 0.3) is 0 Å². The van der Waals surface area contributed by atoms with Crippen molar-refractivity contribution in [3.05, 3.63) is 23.8 Å². The molecule has 4 fully saturated rings. The molecule has 0 aromatic heterocycles. The number of hydrogen-bond acceptors (Lipinski definition) is 5. The number of ether oxygens (including phenoxy) is 1. The number of carbonyl (C=O) groups excluding carboxylic acids is 1. The van der Waals surface area contributed by atoms with Gasteiger partial charge < -0.3 is 20.1 Å². The summed E-state index contributed by atoms with van der Waals surface area (Å²) in [6.45, 7) is 5.72. The molecule has 25 heavy (non-hydrogen) atoms. The standard InChI is InChI=1S/C19H22O6/c1-8-6-18-7-9(8)10(20)5-11(18)19-4-3-12(21)17(2,16(24)25-19)14(19)13(18)15(22)23/h5,9-10,12-14,20-21H,1,3-4,6-7H2,2H3,(H,22,23)/t9-,10-,12+,13-,14-,17-,18+,19-/m1/s1. The Balaban J connectivity index is 1.81. The Morgan fingerprint density at radius 3 is 2.80 bits per heavy atom. The fraction of sp³-hybridized carbons (Fsp3) is 0.684. The second kappa shape index (κ2) is 4.18. The van der Waals surface area contributed by atoms with Crippen molar-refractivity contribution < 1.29 is 29.6 Å². The van der Waals surface area contributed by atoms with Crippen molar-refractivity contribution in [2.24, 2.45) is 28.6 Å². The molecule has 4 bridgehead atoms. The van der Waals surface area contributed by atoms with Crippen LogP contribution in [0.2, 0.25) is 0 Å². The van der Waals surface area contributed by atoms with E-state index in [0.29, 0.717) is 25.7 Å². The van der Waals surface area contributed by atoms with Crippen LogP contribution in [0.3, 0.4) is 0 Å². The van der Waals surface area contributed by atoms with E-state index in [9.17, 15) is 24.9 Å². The van der Waals surface area contributed by atoms with Crippen LogP contribution >= 0.6 is 0 Å². The Kier molecular flexibility index (Phi) is 2.60. The molecule has 3 saturated carbocycles. The Bertz CT molecular complexity index is 770. The van der Waals surface area contributed by atoms with E-state index in [1.54, 1.807) is 13.0 Å². The lowest BCUT2D eigenvalue weighted by Gasteiger charge is -2.42. The van der Waals surface area contributed by atoms with Gasteiger partial charge in [-0.05, 0) is 38.2 Å². The van der Waals surface area contributed by atoms with Gasteiger partial charge in [-0.15, -0.1) is 0 Å². The Morgan fingerprint density at radius 1 is 1.40 bits per heavy atom. The summed E-state index contributed by atoms with van der Waals surface area (Å²) in [7, 11) is 0. The number of aliphatic hydroxyl groups excluding tert-OH is 2. The normalized spacial score (nSPS) is 55.5. The van der Waals surface area contributed by atoms with Gasteiger partial charge in [-0.2, -0.15) is 0 Å². The summed E-state index contributed by atoms with van der Waals surface area (Å²) in [5.41, 5.74) is -1.26. The summed E-state index contributed by atoms with van der Waals surface area (Å²) in [4.78, 5) is 25.1. The SMILES string of the molecule is C=C1C[C@]23C[C@H]1[C@H](O)C=C2[C@@]12CC[C@H](O)[C@@](C)(C(=O)O1)[C@H]2[C@@H]3C(=O)O. The molecule has 1 spiro atoms. The molecule has 1 aliphatic heterocycles. The van der Waals surface area contributed by atoms with E-state index in [0.717, 1.165) is 11.1 Å². The number of fused-ring (bicyclic) bond motifs is 1. The van der Waals surface area contributed by atoms with E-state index < -0.39 is 52.4 Å². The minimum Gasteiger partial charge on any atom is -0.481 e. The predicted molar refractivity (Wildman–Crippen MR) is 85.2 cm³/mol. The number of esters is 1. The van der Waals surface area contributed by atoms with E-state index >= 15 is 0 Å². The first kappa shape index (κ1) is 15.6. The molecule has 3 N–H and O–H groups in total. The molecular weight excluding hydrogens is 324 g/mol. The van der Waals surface area contributed by atoms with E-state index in [2.05, 4.69) is 6.58 Å². The summed E-state index contributed by atoms with van der Waals surface area (Å²) in [5.74, 6) is -3.05. The molecule has 5 aliphatic rings. The van der Waals surface area contributed by atoms with Gasteiger partial charge in [0.2, 0.25) is 0 Å². The third-order valence-corrected chi connectivity index (χ3v) is 7.93. The molecule has 134 valence electrons. The van der Waals surface area contributed by atoms with E-state index in [1.165, 1.54) is 0 Å². The van der Waals surface area contributed by atoms with Crippen LogP contribution < -0.4 is 0 Å². The van der Waals surface area contributed by atoms with Crippen LogP contribution in [0.4, 0.5) is 0 Å². The zero-order chi connectivity index (χ0) is 17.9. The summed E-state index contributed by atoms with van der Waals surface area (Å²) >= 11 is 0. The van der Waals surface area contributed by atoms with Crippen molar-refractivity contribution in [2.75, 3.05) is 0 Å². The van der Waals surface area contributed by atoms with Crippen LogP contribution in [-0.2, 0) is 14.3 Å².